The Hall–Kier alpha value is -3.81. The first-order valence-electron chi connectivity index (χ1n) is 13.1. The van der Waals surface area contributed by atoms with Gasteiger partial charge in [-0.1, -0.05) is 54.1 Å². The summed E-state index contributed by atoms with van der Waals surface area (Å²) in [6, 6.07) is 22.7. The normalized spacial score (nSPS) is 10.9. The Balaban J connectivity index is 1.55. The maximum atomic E-state index is 13.8. The number of benzene rings is 3. The first-order chi connectivity index (χ1) is 19.0. The van der Waals surface area contributed by atoms with E-state index in [-0.39, 0.29) is 24.9 Å². The molecule has 0 atom stereocenters. The molecule has 0 aliphatic heterocycles. The van der Waals surface area contributed by atoms with Crippen LogP contribution in [-0.4, -0.2) is 66.6 Å². The van der Waals surface area contributed by atoms with Gasteiger partial charge in [-0.25, -0.2) is 0 Å². The van der Waals surface area contributed by atoms with E-state index in [1.807, 2.05) is 55.6 Å². The molecule has 0 spiro atoms. The summed E-state index contributed by atoms with van der Waals surface area (Å²) in [5.74, 6) is 0.331. The van der Waals surface area contributed by atoms with Crippen molar-refractivity contribution in [2.75, 3.05) is 40.0 Å². The SMILES string of the molecule is CCOc1ccc(CN(CCc2c[nH]c3ccccc23)C(=O)CN(CCOC)C(=O)c2ccccc2Cl)cc1. The van der Waals surface area contributed by atoms with Crippen molar-refractivity contribution < 1.29 is 19.1 Å². The van der Waals surface area contributed by atoms with Gasteiger partial charge in [-0.15, -0.1) is 0 Å². The molecule has 0 bridgehead atoms. The zero-order valence-corrected chi connectivity index (χ0v) is 23.1. The van der Waals surface area contributed by atoms with E-state index < -0.39 is 0 Å². The molecular formula is C31H34ClN3O4. The fraction of sp³-hybridized carbons (Fsp3) is 0.290. The van der Waals surface area contributed by atoms with Crippen LogP contribution in [0, 0.1) is 0 Å². The average Bonchev–Trinajstić information content (AvgIpc) is 3.37. The molecule has 0 fully saturated rings. The summed E-state index contributed by atoms with van der Waals surface area (Å²) < 4.78 is 10.8. The third-order valence-corrected chi connectivity index (χ3v) is 6.90. The number of fused-ring (bicyclic) bond motifs is 1. The number of ether oxygens (including phenoxy) is 2. The van der Waals surface area contributed by atoms with Crippen molar-refractivity contribution in [2.45, 2.75) is 19.9 Å². The van der Waals surface area contributed by atoms with Crippen molar-refractivity contribution in [3.63, 3.8) is 0 Å². The van der Waals surface area contributed by atoms with Crippen molar-refractivity contribution >= 4 is 34.3 Å². The van der Waals surface area contributed by atoms with Crippen LogP contribution in [0.25, 0.3) is 10.9 Å². The molecule has 1 heterocycles. The predicted molar refractivity (Wildman–Crippen MR) is 154 cm³/mol. The van der Waals surface area contributed by atoms with Gasteiger partial charge < -0.3 is 24.3 Å². The van der Waals surface area contributed by atoms with Gasteiger partial charge in [-0.3, -0.25) is 9.59 Å². The topological polar surface area (TPSA) is 74.9 Å². The fourth-order valence-electron chi connectivity index (χ4n) is 4.49. The number of nitrogens with zero attached hydrogens (tertiary/aromatic N) is 2. The van der Waals surface area contributed by atoms with E-state index in [4.69, 9.17) is 21.1 Å². The minimum Gasteiger partial charge on any atom is -0.494 e. The molecule has 0 saturated carbocycles. The number of methoxy groups -OCH3 is 1. The second-order valence-electron chi connectivity index (χ2n) is 9.20. The minimum atomic E-state index is -0.302. The van der Waals surface area contributed by atoms with Crippen LogP contribution < -0.4 is 4.74 Å². The number of nitrogens with one attached hydrogen (secondary N) is 1. The molecule has 7 nitrogen and oxygen atoms in total. The Morgan fingerprint density at radius 2 is 1.67 bits per heavy atom. The summed E-state index contributed by atoms with van der Waals surface area (Å²) in [5.41, 5.74) is 3.54. The molecule has 1 N–H and O–H groups in total. The molecule has 2 amide bonds. The number of carbonyl (C=O) groups is 2. The van der Waals surface area contributed by atoms with Crippen LogP contribution in [0.3, 0.4) is 0 Å². The lowest BCUT2D eigenvalue weighted by molar-refractivity contribution is -0.132. The lowest BCUT2D eigenvalue weighted by Crippen LogP contribution is -2.44. The van der Waals surface area contributed by atoms with Crippen LogP contribution in [-0.2, 0) is 22.5 Å². The summed E-state index contributed by atoms with van der Waals surface area (Å²) in [6.07, 6.45) is 2.67. The van der Waals surface area contributed by atoms with Crippen LogP contribution in [0.4, 0.5) is 0 Å². The van der Waals surface area contributed by atoms with E-state index in [9.17, 15) is 9.59 Å². The summed E-state index contributed by atoms with van der Waals surface area (Å²) in [5, 5.41) is 1.49. The van der Waals surface area contributed by atoms with Crippen molar-refractivity contribution in [1.82, 2.24) is 14.8 Å². The number of aromatic nitrogens is 1. The van der Waals surface area contributed by atoms with Crippen LogP contribution in [0.15, 0.2) is 79.0 Å². The quantitative estimate of drug-likeness (QED) is 0.237. The zero-order valence-electron chi connectivity index (χ0n) is 22.4. The fourth-order valence-corrected chi connectivity index (χ4v) is 4.70. The van der Waals surface area contributed by atoms with Gasteiger partial charge in [0.15, 0.2) is 0 Å². The molecular weight excluding hydrogens is 514 g/mol. The minimum absolute atomic E-state index is 0.0850. The van der Waals surface area contributed by atoms with E-state index in [1.165, 1.54) is 4.90 Å². The lowest BCUT2D eigenvalue weighted by Gasteiger charge is -2.28. The van der Waals surface area contributed by atoms with Gasteiger partial charge in [0.05, 0.1) is 23.8 Å². The molecule has 4 rings (SSSR count). The van der Waals surface area contributed by atoms with Crippen molar-refractivity contribution in [2.24, 2.45) is 0 Å². The summed E-state index contributed by atoms with van der Waals surface area (Å²) in [4.78, 5) is 33.7. The smallest absolute Gasteiger partial charge is 0.255 e. The van der Waals surface area contributed by atoms with E-state index in [2.05, 4.69) is 11.1 Å². The predicted octanol–water partition coefficient (Wildman–Crippen LogP) is 5.58. The molecule has 0 aliphatic carbocycles. The van der Waals surface area contributed by atoms with Crippen molar-refractivity contribution in [3.8, 4) is 5.75 Å². The second kappa shape index (κ2) is 13.8. The Morgan fingerprint density at radius 3 is 2.41 bits per heavy atom. The number of carbonyl (C=O) groups excluding carboxylic acids is 2. The Labute approximate surface area is 234 Å². The number of rotatable bonds is 13. The molecule has 0 radical (unpaired) electrons. The Kier molecular flexibility index (Phi) is 10.00. The van der Waals surface area contributed by atoms with Gasteiger partial charge in [0, 0.05) is 43.8 Å². The van der Waals surface area contributed by atoms with Crippen LogP contribution in [0.2, 0.25) is 5.02 Å². The summed E-state index contributed by atoms with van der Waals surface area (Å²) in [6.45, 7) is 3.92. The Bertz CT molecular complexity index is 1390. The van der Waals surface area contributed by atoms with Gasteiger partial charge in [-0.05, 0) is 54.8 Å². The van der Waals surface area contributed by atoms with E-state index >= 15 is 0 Å². The zero-order chi connectivity index (χ0) is 27.6. The molecule has 0 unspecified atom stereocenters. The first kappa shape index (κ1) is 28.2. The van der Waals surface area contributed by atoms with Crippen molar-refractivity contribution in [3.05, 3.63) is 101 Å². The van der Waals surface area contributed by atoms with Gasteiger partial charge in [0.1, 0.15) is 12.3 Å². The lowest BCUT2D eigenvalue weighted by atomic mass is 10.1. The van der Waals surface area contributed by atoms with Gasteiger partial charge >= 0.3 is 0 Å². The molecule has 204 valence electrons. The molecule has 39 heavy (non-hydrogen) atoms. The Morgan fingerprint density at radius 1 is 0.923 bits per heavy atom. The van der Waals surface area contributed by atoms with E-state index in [0.717, 1.165) is 27.8 Å². The van der Waals surface area contributed by atoms with Crippen LogP contribution >= 0.6 is 11.6 Å². The molecule has 0 saturated heterocycles. The first-order valence-corrected chi connectivity index (χ1v) is 13.4. The van der Waals surface area contributed by atoms with Crippen LogP contribution in [0.1, 0.15) is 28.4 Å². The molecule has 3 aromatic carbocycles. The van der Waals surface area contributed by atoms with Gasteiger partial charge in [-0.2, -0.15) is 0 Å². The highest BCUT2D eigenvalue weighted by Crippen LogP contribution is 2.21. The second-order valence-corrected chi connectivity index (χ2v) is 9.61. The summed E-state index contributed by atoms with van der Waals surface area (Å²) in [7, 11) is 1.57. The monoisotopic (exact) mass is 547 g/mol. The number of aromatic amines is 1. The number of hydrogen-bond donors (Lipinski definition) is 1. The maximum absolute atomic E-state index is 13.8. The highest BCUT2D eigenvalue weighted by atomic mass is 35.5. The molecule has 8 heteroatoms. The molecule has 1 aromatic heterocycles. The molecule has 0 aliphatic rings. The highest BCUT2D eigenvalue weighted by Gasteiger charge is 2.24. The number of amides is 2. The highest BCUT2D eigenvalue weighted by molar-refractivity contribution is 6.33. The summed E-state index contributed by atoms with van der Waals surface area (Å²) >= 11 is 6.31. The van der Waals surface area contributed by atoms with E-state index in [0.29, 0.717) is 43.3 Å². The maximum Gasteiger partial charge on any atom is 0.255 e. The van der Waals surface area contributed by atoms with Crippen LogP contribution in [0.5, 0.6) is 5.75 Å². The molecule has 4 aromatic rings. The number of para-hydroxylation sites is 1. The number of hydrogen-bond acceptors (Lipinski definition) is 4. The van der Waals surface area contributed by atoms with E-state index in [1.54, 1.807) is 36.3 Å². The average molecular weight is 548 g/mol. The third kappa shape index (κ3) is 7.40. The number of H-pyrrole nitrogens is 1. The standard InChI is InChI=1S/C31H34ClN3O4/c1-3-39-25-14-12-23(13-15-25)21-34(17-16-24-20-33-29-11-7-5-8-26(24)29)30(36)22-35(18-19-38-2)31(37)27-9-4-6-10-28(27)32/h4-15,20,33H,3,16-19,21-22H2,1-2H3. The third-order valence-electron chi connectivity index (χ3n) is 6.57. The van der Waals surface area contributed by atoms with Gasteiger partial charge in [0.25, 0.3) is 5.91 Å². The largest absolute Gasteiger partial charge is 0.494 e. The van der Waals surface area contributed by atoms with Crippen molar-refractivity contribution in [1.29, 1.82) is 0 Å². The van der Waals surface area contributed by atoms with Gasteiger partial charge in [0.2, 0.25) is 5.91 Å². The number of halogens is 1.